The van der Waals surface area contributed by atoms with Crippen LogP contribution in [-0.4, -0.2) is 0 Å². The molecular formula is C37H22S. The molecule has 0 nitrogen and oxygen atoms in total. The minimum absolute atomic E-state index is 0.302. The SMILES string of the molecule is c1ccc2c(c1)-c1ccccc1C21c2ccccc2-c2c(-c3cccc4c3sc3ccccc34)cccc21. The van der Waals surface area contributed by atoms with Crippen molar-refractivity contribution in [3.63, 3.8) is 0 Å². The lowest BCUT2D eigenvalue weighted by molar-refractivity contribution is 0.794. The molecule has 0 atom stereocenters. The van der Waals surface area contributed by atoms with E-state index in [9.17, 15) is 0 Å². The molecule has 0 N–H and O–H groups in total. The Bertz CT molecular complexity index is 2050. The van der Waals surface area contributed by atoms with Crippen LogP contribution in [0.4, 0.5) is 0 Å². The van der Waals surface area contributed by atoms with Gasteiger partial charge in [0.25, 0.3) is 0 Å². The van der Waals surface area contributed by atoms with Crippen LogP contribution >= 0.6 is 11.3 Å². The summed E-state index contributed by atoms with van der Waals surface area (Å²) in [6, 6.07) is 49.8. The van der Waals surface area contributed by atoms with Crippen molar-refractivity contribution in [2.75, 3.05) is 0 Å². The minimum Gasteiger partial charge on any atom is -0.135 e. The van der Waals surface area contributed by atoms with Crippen molar-refractivity contribution in [1.29, 1.82) is 0 Å². The number of benzene rings is 6. The average molecular weight is 499 g/mol. The summed E-state index contributed by atoms with van der Waals surface area (Å²) in [5.41, 5.74) is 13.3. The Labute approximate surface area is 225 Å². The number of rotatable bonds is 1. The summed E-state index contributed by atoms with van der Waals surface area (Å²) in [5.74, 6) is 0. The lowest BCUT2D eigenvalue weighted by atomic mass is 9.70. The van der Waals surface area contributed by atoms with E-state index >= 15 is 0 Å². The molecule has 2 aliphatic rings. The molecule has 7 aromatic rings. The summed E-state index contributed by atoms with van der Waals surface area (Å²) < 4.78 is 2.71. The Hall–Kier alpha value is -4.46. The van der Waals surface area contributed by atoms with E-state index < -0.39 is 0 Å². The van der Waals surface area contributed by atoms with E-state index in [0.29, 0.717) is 0 Å². The van der Waals surface area contributed by atoms with Crippen LogP contribution in [0.3, 0.4) is 0 Å². The second-order valence-electron chi connectivity index (χ2n) is 10.4. The van der Waals surface area contributed by atoms with Crippen LogP contribution in [0, 0.1) is 0 Å². The molecular weight excluding hydrogens is 476 g/mol. The zero-order valence-electron chi connectivity index (χ0n) is 20.6. The highest BCUT2D eigenvalue weighted by molar-refractivity contribution is 7.26. The average Bonchev–Trinajstić information content (AvgIpc) is 3.61. The molecule has 1 aromatic heterocycles. The van der Waals surface area contributed by atoms with Crippen molar-refractivity contribution in [3.05, 3.63) is 156 Å². The first-order chi connectivity index (χ1) is 18.9. The Kier molecular flexibility index (Phi) is 3.96. The fourth-order valence-electron chi connectivity index (χ4n) is 7.33. The van der Waals surface area contributed by atoms with E-state index in [4.69, 9.17) is 0 Å². The Morgan fingerprint density at radius 1 is 0.368 bits per heavy atom. The van der Waals surface area contributed by atoms with Gasteiger partial charge in [0, 0.05) is 25.7 Å². The number of hydrogen-bond acceptors (Lipinski definition) is 1. The molecule has 1 heteroatoms. The Morgan fingerprint density at radius 3 is 1.63 bits per heavy atom. The molecule has 0 saturated heterocycles. The zero-order chi connectivity index (χ0) is 24.8. The second kappa shape index (κ2) is 7.31. The second-order valence-corrected chi connectivity index (χ2v) is 11.4. The van der Waals surface area contributed by atoms with Crippen LogP contribution in [0.25, 0.3) is 53.6 Å². The highest BCUT2D eigenvalue weighted by Crippen LogP contribution is 2.64. The van der Waals surface area contributed by atoms with Gasteiger partial charge in [-0.3, -0.25) is 0 Å². The molecule has 176 valence electrons. The predicted molar refractivity (Wildman–Crippen MR) is 161 cm³/mol. The highest BCUT2D eigenvalue weighted by Gasteiger charge is 2.51. The van der Waals surface area contributed by atoms with E-state index in [1.807, 2.05) is 11.3 Å². The van der Waals surface area contributed by atoms with Crippen molar-refractivity contribution in [2.45, 2.75) is 5.41 Å². The molecule has 0 fully saturated rings. The Morgan fingerprint density at radius 2 is 0.868 bits per heavy atom. The van der Waals surface area contributed by atoms with Crippen molar-refractivity contribution in [3.8, 4) is 33.4 Å². The van der Waals surface area contributed by atoms with Crippen molar-refractivity contribution in [2.24, 2.45) is 0 Å². The van der Waals surface area contributed by atoms with Gasteiger partial charge >= 0.3 is 0 Å². The van der Waals surface area contributed by atoms with Gasteiger partial charge in [-0.2, -0.15) is 0 Å². The van der Waals surface area contributed by atoms with Crippen LogP contribution in [0.15, 0.2) is 133 Å². The van der Waals surface area contributed by atoms with Crippen molar-refractivity contribution in [1.82, 2.24) is 0 Å². The molecule has 0 radical (unpaired) electrons. The highest BCUT2D eigenvalue weighted by atomic mass is 32.1. The number of thiophene rings is 1. The first kappa shape index (κ1) is 20.6. The maximum Gasteiger partial charge on any atom is 0.0725 e. The van der Waals surface area contributed by atoms with Crippen molar-refractivity contribution < 1.29 is 0 Å². The Balaban J connectivity index is 1.44. The molecule has 0 bridgehead atoms. The smallest absolute Gasteiger partial charge is 0.0725 e. The van der Waals surface area contributed by atoms with E-state index in [-0.39, 0.29) is 5.41 Å². The third kappa shape index (κ3) is 2.36. The summed E-state index contributed by atoms with van der Waals surface area (Å²) in [4.78, 5) is 0. The normalized spacial score (nSPS) is 14.0. The van der Waals surface area contributed by atoms with Gasteiger partial charge in [-0.15, -0.1) is 11.3 Å². The van der Waals surface area contributed by atoms with E-state index in [1.165, 1.54) is 75.8 Å². The summed E-state index contributed by atoms with van der Waals surface area (Å²) in [7, 11) is 0. The van der Waals surface area contributed by atoms with Crippen LogP contribution in [0.1, 0.15) is 22.3 Å². The van der Waals surface area contributed by atoms with Crippen LogP contribution in [0.2, 0.25) is 0 Å². The van der Waals surface area contributed by atoms with Gasteiger partial charge in [-0.05, 0) is 56.1 Å². The van der Waals surface area contributed by atoms with Gasteiger partial charge in [-0.25, -0.2) is 0 Å². The fourth-order valence-corrected chi connectivity index (χ4v) is 8.56. The van der Waals surface area contributed by atoms with Gasteiger partial charge in [0.15, 0.2) is 0 Å². The van der Waals surface area contributed by atoms with E-state index in [0.717, 1.165) is 0 Å². The van der Waals surface area contributed by atoms with Crippen LogP contribution in [-0.2, 0) is 5.41 Å². The van der Waals surface area contributed by atoms with Crippen LogP contribution in [0.5, 0.6) is 0 Å². The van der Waals surface area contributed by atoms with Gasteiger partial charge < -0.3 is 0 Å². The summed E-state index contributed by atoms with van der Waals surface area (Å²) in [6.45, 7) is 0. The van der Waals surface area contributed by atoms with Gasteiger partial charge in [0.05, 0.1) is 5.41 Å². The molecule has 38 heavy (non-hydrogen) atoms. The standard InChI is InChI=1S/C37H22S/c1-5-18-30-23(11-1)24-12-2-6-19-31(24)37(30)32-20-7-3-14-29(32)35-26(15-10-21-33(35)37)28-17-9-16-27-25-13-4-8-22-34(25)38-36(27)28/h1-22H. The molecule has 2 aliphatic carbocycles. The summed E-state index contributed by atoms with van der Waals surface area (Å²) in [6.07, 6.45) is 0. The topological polar surface area (TPSA) is 0 Å². The lowest BCUT2D eigenvalue weighted by Crippen LogP contribution is -2.25. The lowest BCUT2D eigenvalue weighted by Gasteiger charge is -2.30. The van der Waals surface area contributed by atoms with Gasteiger partial charge in [-0.1, -0.05) is 127 Å². The molecule has 9 rings (SSSR count). The van der Waals surface area contributed by atoms with Gasteiger partial charge in [0.1, 0.15) is 0 Å². The number of hydrogen-bond donors (Lipinski definition) is 0. The molecule has 6 aromatic carbocycles. The molecule has 0 unspecified atom stereocenters. The first-order valence-corrected chi connectivity index (χ1v) is 14.0. The molecule has 1 heterocycles. The summed E-state index contributed by atoms with van der Waals surface area (Å²) >= 11 is 1.91. The maximum absolute atomic E-state index is 2.38. The van der Waals surface area contributed by atoms with E-state index in [1.54, 1.807) is 0 Å². The predicted octanol–water partition coefficient (Wildman–Crippen LogP) is 10.1. The van der Waals surface area contributed by atoms with Gasteiger partial charge in [0.2, 0.25) is 0 Å². The first-order valence-electron chi connectivity index (χ1n) is 13.2. The van der Waals surface area contributed by atoms with E-state index in [2.05, 4.69) is 133 Å². The quantitative estimate of drug-likeness (QED) is 0.211. The zero-order valence-corrected chi connectivity index (χ0v) is 21.4. The van der Waals surface area contributed by atoms with Crippen LogP contribution < -0.4 is 0 Å². The summed E-state index contributed by atoms with van der Waals surface area (Å²) in [5, 5.41) is 2.69. The number of fused-ring (bicyclic) bond motifs is 13. The minimum atomic E-state index is -0.302. The molecule has 0 saturated carbocycles. The maximum atomic E-state index is 2.38. The largest absolute Gasteiger partial charge is 0.135 e. The third-order valence-corrected chi connectivity index (χ3v) is 9.94. The monoisotopic (exact) mass is 498 g/mol. The molecule has 0 aliphatic heterocycles. The fraction of sp³-hybridized carbons (Fsp3) is 0.0270. The third-order valence-electron chi connectivity index (χ3n) is 8.72. The molecule has 1 spiro atoms. The molecule has 0 amide bonds. The van der Waals surface area contributed by atoms with Crippen molar-refractivity contribution >= 4 is 31.5 Å².